The molecule has 2 N–H and O–H groups in total. The zero-order chi connectivity index (χ0) is 20.3. The Hall–Kier alpha value is -2.74. The number of imidazole rings is 1. The molecule has 1 aliphatic carbocycles. The lowest BCUT2D eigenvalue weighted by Crippen LogP contribution is -2.41. The summed E-state index contributed by atoms with van der Waals surface area (Å²) in [6.45, 7) is 3.62. The summed E-state index contributed by atoms with van der Waals surface area (Å²) in [7, 11) is 1.56. The summed E-state index contributed by atoms with van der Waals surface area (Å²) < 4.78 is 19.8. The fourth-order valence-corrected chi connectivity index (χ4v) is 3.84. The molecule has 0 unspecified atom stereocenters. The van der Waals surface area contributed by atoms with Crippen molar-refractivity contribution in [3.63, 3.8) is 0 Å². The van der Waals surface area contributed by atoms with Gasteiger partial charge in [-0.3, -0.25) is 9.36 Å². The van der Waals surface area contributed by atoms with Crippen molar-refractivity contribution in [1.29, 1.82) is 0 Å². The number of nitrogens with one attached hydrogen (secondary N) is 2. The van der Waals surface area contributed by atoms with Crippen LogP contribution in [-0.2, 0) is 19.0 Å². The molecular weight excluding hydrogens is 376 g/mol. The van der Waals surface area contributed by atoms with E-state index in [0.717, 1.165) is 12.8 Å². The predicted molar refractivity (Wildman–Crippen MR) is 102 cm³/mol. The molecule has 10 nitrogen and oxygen atoms in total. The maximum Gasteiger partial charge on any atom is 0.251 e. The van der Waals surface area contributed by atoms with Crippen molar-refractivity contribution in [2.45, 2.75) is 63.1 Å². The van der Waals surface area contributed by atoms with Crippen LogP contribution < -0.4 is 10.6 Å². The average molecular weight is 398 g/mol. The first kappa shape index (κ1) is 18.3. The van der Waals surface area contributed by atoms with Crippen molar-refractivity contribution in [3.05, 3.63) is 12.2 Å². The van der Waals surface area contributed by atoms with Gasteiger partial charge in [0.25, 0.3) is 5.91 Å². The molecule has 10 heteroatoms. The topological polar surface area (TPSA) is 112 Å². The number of carbonyl (C=O) groups excluding carboxylic acids is 1. The maximum absolute atomic E-state index is 12.4. The first-order chi connectivity index (χ1) is 13.9. The van der Waals surface area contributed by atoms with Gasteiger partial charge in [-0.15, -0.1) is 6.42 Å². The average Bonchev–Trinajstić information content (AvgIpc) is 3.17. The molecule has 152 valence electrons. The molecule has 2 aromatic heterocycles. The monoisotopic (exact) mass is 398 g/mol. The zero-order valence-electron chi connectivity index (χ0n) is 16.4. The normalized spacial score (nSPS) is 30.1. The summed E-state index contributed by atoms with van der Waals surface area (Å²) in [6.07, 6.45) is 6.83. The molecule has 4 heterocycles. The van der Waals surface area contributed by atoms with Gasteiger partial charge in [0.15, 0.2) is 35.1 Å². The van der Waals surface area contributed by atoms with Gasteiger partial charge in [0, 0.05) is 13.1 Å². The highest BCUT2D eigenvalue weighted by Crippen LogP contribution is 2.44. The molecule has 0 aromatic carbocycles. The Labute approximate surface area is 167 Å². The van der Waals surface area contributed by atoms with Gasteiger partial charge in [0.1, 0.15) is 12.2 Å². The van der Waals surface area contributed by atoms with E-state index in [2.05, 4.69) is 31.5 Å². The minimum atomic E-state index is -0.836. The standard InChI is InChI=1S/C19H22N6O4/c1-5-10-23-15(22-9-6-7-9)11-16(24-10)25(8-21-11)18-14-12(28-19(2,3)29-14)13(27-18)17(26)20-4/h1,8-9,12-14,18H,6-7H2,2-4H3,(H,20,26)(H,22,23,24)/t12-,13+,14-,18-/m1/s1. The number of ether oxygens (including phenoxy) is 3. The Balaban J connectivity index is 1.58. The van der Waals surface area contributed by atoms with Crippen molar-refractivity contribution in [2.24, 2.45) is 0 Å². The molecule has 0 radical (unpaired) electrons. The highest BCUT2D eigenvalue weighted by atomic mass is 16.8. The molecule has 1 saturated carbocycles. The van der Waals surface area contributed by atoms with E-state index < -0.39 is 30.3 Å². The SMILES string of the molecule is C#Cc1nc(NC2CC2)c2ncn([C@@H]3O[C@H](C(=O)NC)[C@H]4OC(C)(C)O[C@H]43)c2n1. The van der Waals surface area contributed by atoms with Crippen LogP contribution in [0.5, 0.6) is 0 Å². The second-order valence-electron chi connectivity index (χ2n) is 7.91. The number of carbonyl (C=O) groups is 1. The van der Waals surface area contributed by atoms with Crippen LogP contribution in [0, 0.1) is 12.3 Å². The third-order valence-electron chi connectivity index (χ3n) is 5.28. The van der Waals surface area contributed by atoms with Gasteiger partial charge >= 0.3 is 0 Å². The summed E-state index contributed by atoms with van der Waals surface area (Å²) >= 11 is 0. The molecule has 2 aromatic rings. The zero-order valence-corrected chi connectivity index (χ0v) is 16.4. The Kier molecular flexibility index (Phi) is 4.03. The van der Waals surface area contributed by atoms with Crippen LogP contribution >= 0.6 is 0 Å². The quantitative estimate of drug-likeness (QED) is 0.718. The fraction of sp³-hybridized carbons (Fsp3) is 0.579. The molecule has 4 atom stereocenters. The maximum atomic E-state index is 12.4. The molecule has 3 fully saturated rings. The van der Waals surface area contributed by atoms with E-state index in [1.165, 1.54) is 0 Å². The largest absolute Gasteiger partial charge is 0.365 e. The summed E-state index contributed by atoms with van der Waals surface area (Å²) in [5.74, 6) is 2.24. The number of terminal acetylenes is 1. The van der Waals surface area contributed by atoms with Gasteiger partial charge in [-0.2, -0.15) is 0 Å². The van der Waals surface area contributed by atoms with E-state index in [9.17, 15) is 4.79 Å². The summed E-state index contributed by atoms with van der Waals surface area (Å²) in [5, 5.41) is 5.97. The van der Waals surface area contributed by atoms with Crippen LogP contribution in [0.3, 0.4) is 0 Å². The van der Waals surface area contributed by atoms with Crippen molar-refractivity contribution < 1.29 is 19.0 Å². The number of fused-ring (bicyclic) bond motifs is 2. The number of aromatic nitrogens is 4. The van der Waals surface area contributed by atoms with Crippen LogP contribution in [0.25, 0.3) is 11.2 Å². The fourth-order valence-electron chi connectivity index (χ4n) is 3.84. The first-order valence-corrected chi connectivity index (χ1v) is 9.60. The Morgan fingerprint density at radius 3 is 2.76 bits per heavy atom. The van der Waals surface area contributed by atoms with Gasteiger partial charge < -0.3 is 24.8 Å². The Morgan fingerprint density at radius 1 is 1.31 bits per heavy atom. The first-order valence-electron chi connectivity index (χ1n) is 9.60. The smallest absolute Gasteiger partial charge is 0.251 e. The van der Waals surface area contributed by atoms with Gasteiger partial charge in [-0.25, -0.2) is 15.0 Å². The Bertz CT molecular complexity index is 1020. The molecule has 2 saturated heterocycles. The van der Waals surface area contributed by atoms with Crippen LogP contribution in [-0.4, -0.2) is 62.6 Å². The van der Waals surface area contributed by atoms with E-state index >= 15 is 0 Å². The van der Waals surface area contributed by atoms with E-state index in [1.54, 1.807) is 17.9 Å². The van der Waals surface area contributed by atoms with Crippen LogP contribution in [0.4, 0.5) is 5.82 Å². The van der Waals surface area contributed by atoms with Crippen molar-refractivity contribution >= 4 is 22.9 Å². The van der Waals surface area contributed by atoms with Crippen LogP contribution in [0.1, 0.15) is 38.7 Å². The number of rotatable bonds is 4. The predicted octanol–water partition coefficient (Wildman–Crippen LogP) is 0.545. The summed E-state index contributed by atoms with van der Waals surface area (Å²) in [5.41, 5.74) is 1.11. The number of nitrogens with zero attached hydrogens (tertiary/aromatic N) is 4. The number of likely N-dealkylation sites (N-methyl/N-ethyl adjacent to an activating group) is 1. The second kappa shape index (κ2) is 6.38. The molecular formula is C19H22N6O4. The molecule has 0 bridgehead atoms. The molecule has 0 spiro atoms. The second-order valence-corrected chi connectivity index (χ2v) is 7.91. The van der Waals surface area contributed by atoms with E-state index in [-0.39, 0.29) is 11.7 Å². The lowest BCUT2D eigenvalue weighted by molar-refractivity contribution is -0.197. The molecule has 5 rings (SSSR count). The van der Waals surface area contributed by atoms with E-state index in [4.69, 9.17) is 20.6 Å². The number of anilines is 1. The third kappa shape index (κ3) is 3.02. The van der Waals surface area contributed by atoms with Crippen molar-refractivity contribution in [1.82, 2.24) is 24.8 Å². The molecule has 1 amide bonds. The number of hydrogen-bond acceptors (Lipinski definition) is 8. The van der Waals surface area contributed by atoms with Crippen molar-refractivity contribution in [3.8, 4) is 12.3 Å². The van der Waals surface area contributed by atoms with Crippen LogP contribution in [0.2, 0.25) is 0 Å². The minimum absolute atomic E-state index is 0.253. The molecule has 29 heavy (non-hydrogen) atoms. The lowest BCUT2D eigenvalue weighted by Gasteiger charge is -2.24. The van der Waals surface area contributed by atoms with Crippen molar-refractivity contribution in [2.75, 3.05) is 12.4 Å². The number of hydrogen-bond donors (Lipinski definition) is 2. The van der Waals surface area contributed by atoms with Gasteiger partial charge in [-0.1, -0.05) is 0 Å². The van der Waals surface area contributed by atoms with Crippen LogP contribution in [0.15, 0.2) is 6.33 Å². The molecule has 2 aliphatic heterocycles. The third-order valence-corrected chi connectivity index (χ3v) is 5.28. The summed E-state index contributed by atoms with van der Waals surface area (Å²) in [6, 6.07) is 0.376. The Morgan fingerprint density at radius 2 is 2.07 bits per heavy atom. The van der Waals surface area contributed by atoms with E-state index in [0.29, 0.717) is 23.0 Å². The van der Waals surface area contributed by atoms with Gasteiger partial charge in [-0.05, 0) is 32.6 Å². The minimum Gasteiger partial charge on any atom is -0.365 e. The summed E-state index contributed by atoms with van der Waals surface area (Å²) in [4.78, 5) is 25.7. The highest BCUT2D eigenvalue weighted by molar-refractivity contribution is 5.84. The van der Waals surface area contributed by atoms with Gasteiger partial charge in [0.2, 0.25) is 5.82 Å². The number of amides is 1. The van der Waals surface area contributed by atoms with E-state index in [1.807, 2.05) is 13.8 Å². The molecule has 3 aliphatic rings. The highest BCUT2D eigenvalue weighted by Gasteiger charge is 2.58. The van der Waals surface area contributed by atoms with Gasteiger partial charge in [0.05, 0.1) is 6.33 Å². The lowest BCUT2D eigenvalue weighted by atomic mass is 10.1.